The van der Waals surface area contributed by atoms with Crippen molar-refractivity contribution in [2.24, 2.45) is 4.99 Å². The molecule has 0 spiro atoms. The molecule has 0 radical (unpaired) electrons. The Balaban J connectivity index is 1.42. The van der Waals surface area contributed by atoms with Gasteiger partial charge in [-0.05, 0) is 37.1 Å². The maximum Gasteiger partial charge on any atom is 0.191 e. The number of para-hydroxylation sites is 1. The molecule has 2 N–H and O–H groups in total. The molecule has 0 aliphatic carbocycles. The molecule has 0 fully saturated rings. The minimum atomic E-state index is 0.455. The van der Waals surface area contributed by atoms with E-state index in [0.717, 1.165) is 42.5 Å². The lowest BCUT2D eigenvalue weighted by Gasteiger charge is -2.12. The van der Waals surface area contributed by atoms with E-state index in [1.807, 2.05) is 41.1 Å². The zero-order chi connectivity index (χ0) is 19.2. The van der Waals surface area contributed by atoms with Crippen molar-refractivity contribution in [3.8, 4) is 0 Å². The summed E-state index contributed by atoms with van der Waals surface area (Å²) in [6.07, 6.45) is 4.66. The minimum absolute atomic E-state index is 0.455. The largest absolute Gasteiger partial charge is 0.357 e. The van der Waals surface area contributed by atoms with Gasteiger partial charge in [-0.15, -0.1) is 10.2 Å². The van der Waals surface area contributed by atoms with Crippen LogP contribution in [0, 0.1) is 0 Å². The van der Waals surface area contributed by atoms with Crippen LogP contribution in [0.2, 0.25) is 0 Å². The van der Waals surface area contributed by atoms with E-state index in [2.05, 4.69) is 62.0 Å². The number of pyridine rings is 2. The quantitative estimate of drug-likeness (QED) is 0.401. The third kappa shape index (κ3) is 3.93. The second kappa shape index (κ2) is 8.47. The fourth-order valence-corrected chi connectivity index (χ4v) is 3.17. The van der Waals surface area contributed by atoms with Crippen LogP contribution in [-0.2, 0) is 13.0 Å². The first-order valence-electron chi connectivity index (χ1n) is 9.48. The Morgan fingerprint density at radius 2 is 1.96 bits per heavy atom. The van der Waals surface area contributed by atoms with Gasteiger partial charge >= 0.3 is 0 Å². The number of hydrogen-bond donors (Lipinski definition) is 2. The minimum Gasteiger partial charge on any atom is -0.357 e. The summed E-state index contributed by atoms with van der Waals surface area (Å²) < 4.78 is 1.95. The fraction of sp³-hybridized carbons (Fsp3) is 0.238. The van der Waals surface area contributed by atoms with Crippen LogP contribution in [0.1, 0.15) is 18.3 Å². The SMILES string of the molecule is CCNC(=NCc1nnc2ccccn12)NCCc1cccc2cccnc12. The number of rotatable bonds is 6. The zero-order valence-corrected chi connectivity index (χ0v) is 15.8. The van der Waals surface area contributed by atoms with Crippen LogP contribution in [0.25, 0.3) is 16.6 Å². The molecular weight excluding hydrogens is 350 g/mol. The molecule has 7 heteroatoms. The van der Waals surface area contributed by atoms with Crippen molar-refractivity contribution in [3.05, 3.63) is 72.3 Å². The van der Waals surface area contributed by atoms with E-state index < -0.39 is 0 Å². The van der Waals surface area contributed by atoms with Gasteiger partial charge in [0.15, 0.2) is 17.4 Å². The molecule has 4 aromatic rings. The van der Waals surface area contributed by atoms with Crippen LogP contribution < -0.4 is 10.6 Å². The van der Waals surface area contributed by atoms with Gasteiger partial charge in [0.2, 0.25) is 0 Å². The number of nitrogens with one attached hydrogen (secondary N) is 2. The molecule has 0 aliphatic heterocycles. The molecule has 0 unspecified atom stereocenters. The lowest BCUT2D eigenvalue weighted by Crippen LogP contribution is -2.38. The molecule has 0 amide bonds. The Hall–Kier alpha value is -3.48. The molecule has 1 aromatic carbocycles. The van der Waals surface area contributed by atoms with Crippen LogP contribution in [0.5, 0.6) is 0 Å². The first kappa shape index (κ1) is 17.9. The van der Waals surface area contributed by atoms with Gasteiger partial charge in [-0.3, -0.25) is 9.38 Å². The number of aromatic nitrogens is 4. The standard InChI is InChI=1S/C21H23N7/c1-2-22-21(25-15-19-27-26-18-10-3-4-14-28(18)19)24-13-11-17-8-5-7-16-9-6-12-23-20(16)17/h3-10,12,14H,2,11,13,15H2,1H3,(H2,22,24,25). The molecule has 0 bridgehead atoms. The van der Waals surface area contributed by atoms with E-state index in [0.29, 0.717) is 6.54 Å². The second-order valence-corrected chi connectivity index (χ2v) is 6.41. The molecule has 7 nitrogen and oxygen atoms in total. The predicted octanol–water partition coefficient (Wildman–Crippen LogP) is 2.58. The first-order chi connectivity index (χ1) is 13.8. The lowest BCUT2D eigenvalue weighted by molar-refractivity contribution is 0.789. The molecule has 0 saturated carbocycles. The average Bonchev–Trinajstić information content (AvgIpc) is 3.15. The monoisotopic (exact) mass is 373 g/mol. The highest BCUT2D eigenvalue weighted by molar-refractivity contribution is 5.82. The van der Waals surface area contributed by atoms with Crippen molar-refractivity contribution in [2.45, 2.75) is 19.9 Å². The Morgan fingerprint density at radius 3 is 2.89 bits per heavy atom. The van der Waals surface area contributed by atoms with Crippen molar-refractivity contribution in [3.63, 3.8) is 0 Å². The van der Waals surface area contributed by atoms with Gasteiger partial charge in [0, 0.05) is 30.9 Å². The summed E-state index contributed by atoms with van der Waals surface area (Å²) in [5.41, 5.74) is 3.11. The van der Waals surface area contributed by atoms with Gasteiger partial charge in [-0.2, -0.15) is 0 Å². The van der Waals surface area contributed by atoms with E-state index >= 15 is 0 Å². The number of hydrogen-bond acceptors (Lipinski definition) is 4. The van der Waals surface area contributed by atoms with Crippen molar-refractivity contribution in [1.82, 2.24) is 30.2 Å². The van der Waals surface area contributed by atoms with Gasteiger partial charge in [0.25, 0.3) is 0 Å². The maximum absolute atomic E-state index is 4.66. The number of fused-ring (bicyclic) bond motifs is 2. The van der Waals surface area contributed by atoms with E-state index in [1.54, 1.807) is 0 Å². The Kier molecular flexibility index (Phi) is 5.42. The van der Waals surface area contributed by atoms with E-state index in [9.17, 15) is 0 Å². The number of nitrogens with zero attached hydrogens (tertiary/aromatic N) is 5. The number of guanidine groups is 1. The van der Waals surface area contributed by atoms with Crippen LogP contribution in [0.15, 0.2) is 65.9 Å². The molecular formula is C21H23N7. The fourth-order valence-electron chi connectivity index (χ4n) is 3.17. The molecule has 28 heavy (non-hydrogen) atoms. The normalized spacial score (nSPS) is 11.8. The van der Waals surface area contributed by atoms with E-state index in [-0.39, 0.29) is 0 Å². The highest BCUT2D eigenvalue weighted by Crippen LogP contribution is 2.15. The topological polar surface area (TPSA) is 79.5 Å². The second-order valence-electron chi connectivity index (χ2n) is 6.41. The van der Waals surface area contributed by atoms with E-state index in [1.165, 1.54) is 10.9 Å². The smallest absolute Gasteiger partial charge is 0.191 e. The third-order valence-corrected chi connectivity index (χ3v) is 4.51. The molecule has 3 aromatic heterocycles. The summed E-state index contributed by atoms with van der Waals surface area (Å²) in [5, 5.41) is 16.2. The lowest BCUT2D eigenvalue weighted by atomic mass is 10.1. The summed E-state index contributed by atoms with van der Waals surface area (Å²) in [4.78, 5) is 9.18. The van der Waals surface area contributed by atoms with Crippen molar-refractivity contribution >= 4 is 22.5 Å². The Morgan fingerprint density at radius 1 is 1.04 bits per heavy atom. The first-order valence-corrected chi connectivity index (χ1v) is 9.48. The van der Waals surface area contributed by atoms with Crippen molar-refractivity contribution in [2.75, 3.05) is 13.1 Å². The van der Waals surface area contributed by atoms with Crippen molar-refractivity contribution < 1.29 is 0 Å². The molecule has 3 heterocycles. The highest BCUT2D eigenvalue weighted by Gasteiger charge is 2.06. The predicted molar refractivity (Wildman–Crippen MR) is 111 cm³/mol. The number of benzene rings is 1. The van der Waals surface area contributed by atoms with Gasteiger partial charge < -0.3 is 10.6 Å². The molecule has 142 valence electrons. The summed E-state index contributed by atoms with van der Waals surface area (Å²) >= 11 is 0. The van der Waals surface area contributed by atoms with Gasteiger partial charge in [0.05, 0.1) is 5.52 Å². The summed E-state index contributed by atoms with van der Waals surface area (Å²) in [5.74, 6) is 1.58. The summed E-state index contributed by atoms with van der Waals surface area (Å²) in [6, 6.07) is 16.2. The maximum atomic E-state index is 4.66. The number of aliphatic imine (C=N–C) groups is 1. The molecule has 0 saturated heterocycles. The van der Waals surface area contributed by atoms with Crippen molar-refractivity contribution in [1.29, 1.82) is 0 Å². The molecule has 4 rings (SSSR count). The van der Waals surface area contributed by atoms with Crippen LogP contribution in [0.3, 0.4) is 0 Å². The van der Waals surface area contributed by atoms with E-state index in [4.69, 9.17) is 0 Å². The van der Waals surface area contributed by atoms with Crippen LogP contribution >= 0.6 is 0 Å². The average molecular weight is 373 g/mol. The summed E-state index contributed by atoms with van der Waals surface area (Å²) in [7, 11) is 0. The molecule has 0 atom stereocenters. The van der Waals surface area contributed by atoms with Crippen LogP contribution in [-0.4, -0.2) is 38.6 Å². The van der Waals surface area contributed by atoms with Gasteiger partial charge in [-0.1, -0.05) is 30.3 Å². The highest BCUT2D eigenvalue weighted by atomic mass is 15.3. The third-order valence-electron chi connectivity index (χ3n) is 4.51. The zero-order valence-electron chi connectivity index (χ0n) is 15.8. The Bertz CT molecular complexity index is 1090. The Labute approximate surface area is 163 Å². The van der Waals surface area contributed by atoms with Crippen LogP contribution in [0.4, 0.5) is 0 Å². The van der Waals surface area contributed by atoms with Gasteiger partial charge in [0.1, 0.15) is 6.54 Å². The molecule has 0 aliphatic rings. The summed E-state index contributed by atoms with van der Waals surface area (Å²) in [6.45, 7) is 4.07. The van der Waals surface area contributed by atoms with Gasteiger partial charge in [-0.25, -0.2) is 4.99 Å².